The molecule has 1 aliphatic rings. The molecule has 0 unspecified atom stereocenters. The molecule has 3 rings (SSSR count). The third-order valence-corrected chi connectivity index (χ3v) is 4.23. The molecule has 4 nitrogen and oxygen atoms in total. The molecule has 1 aromatic heterocycles. The number of amides is 2. The van der Waals surface area contributed by atoms with E-state index in [0.717, 1.165) is 22.2 Å². The van der Waals surface area contributed by atoms with E-state index in [1.165, 1.54) is 7.05 Å². The molecular formula is C15H10ClNO3S. The molecule has 106 valence electrons. The summed E-state index contributed by atoms with van der Waals surface area (Å²) in [6.45, 7) is 0. The third-order valence-electron chi connectivity index (χ3n) is 3.02. The minimum absolute atomic E-state index is 0.282. The predicted octanol–water partition coefficient (Wildman–Crippen LogP) is 4.27. The molecule has 0 spiro atoms. The molecule has 0 N–H and O–H groups in total. The van der Waals surface area contributed by atoms with Crippen LogP contribution >= 0.6 is 23.4 Å². The van der Waals surface area contributed by atoms with Crippen molar-refractivity contribution in [3.05, 3.63) is 52.1 Å². The summed E-state index contributed by atoms with van der Waals surface area (Å²) < 4.78 is 5.68. The van der Waals surface area contributed by atoms with Crippen molar-refractivity contribution in [1.82, 2.24) is 4.90 Å². The van der Waals surface area contributed by atoms with E-state index >= 15 is 0 Å². The first-order valence-corrected chi connectivity index (χ1v) is 7.31. The number of hydrogen-bond donors (Lipinski definition) is 0. The largest absolute Gasteiger partial charge is 0.457 e. The molecule has 0 saturated carbocycles. The lowest BCUT2D eigenvalue weighted by Crippen LogP contribution is -2.22. The molecule has 2 aromatic rings. The fourth-order valence-electron chi connectivity index (χ4n) is 1.87. The van der Waals surface area contributed by atoms with E-state index in [9.17, 15) is 9.59 Å². The number of furan rings is 1. The zero-order chi connectivity index (χ0) is 15.0. The lowest BCUT2D eigenvalue weighted by molar-refractivity contribution is -0.121. The molecule has 21 heavy (non-hydrogen) atoms. The maximum Gasteiger partial charge on any atom is 0.293 e. The van der Waals surface area contributed by atoms with Gasteiger partial charge in [-0.25, -0.2) is 0 Å². The molecule has 1 saturated heterocycles. The summed E-state index contributed by atoms with van der Waals surface area (Å²) in [7, 11) is 1.46. The molecule has 2 heterocycles. The van der Waals surface area contributed by atoms with Crippen LogP contribution in [0.25, 0.3) is 17.4 Å². The first kappa shape index (κ1) is 14.0. The van der Waals surface area contributed by atoms with Gasteiger partial charge in [-0.3, -0.25) is 14.5 Å². The molecule has 0 aliphatic carbocycles. The molecule has 0 bridgehead atoms. The zero-order valence-corrected chi connectivity index (χ0v) is 12.6. The van der Waals surface area contributed by atoms with E-state index < -0.39 is 0 Å². The van der Waals surface area contributed by atoms with Crippen LogP contribution in [0.3, 0.4) is 0 Å². The predicted molar refractivity (Wildman–Crippen MR) is 82.9 cm³/mol. The quantitative estimate of drug-likeness (QED) is 0.776. The standard InChI is InChI=1S/C15H10ClNO3S/c1-17-14(18)13(21-15(17)19)8-11-6-7-12(20-11)9-2-4-10(16)5-3-9/h2-8H,1H3. The van der Waals surface area contributed by atoms with Crippen LogP contribution in [0.1, 0.15) is 5.76 Å². The van der Waals surface area contributed by atoms with Crippen molar-refractivity contribution in [1.29, 1.82) is 0 Å². The molecule has 6 heteroatoms. The van der Waals surface area contributed by atoms with Crippen molar-refractivity contribution in [3.63, 3.8) is 0 Å². The van der Waals surface area contributed by atoms with Crippen LogP contribution in [0, 0.1) is 0 Å². The zero-order valence-electron chi connectivity index (χ0n) is 11.0. The number of hydrogen-bond acceptors (Lipinski definition) is 4. The highest BCUT2D eigenvalue weighted by molar-refractivity contribution is 8.18. The summed E-state index contributed by atoms with van der Waals surface area (Å²) in [6.07, 6.45) is 1.58. The lowest BCUT2D eigenvalue weighted by Gasteiger charge is -2.00. The maximum atomic E-state index is 11.8. The van der Waals surface area contributed by atoms with Gasteiger partial charge in [0.25, 0.3) is 11.1 Å². The van der Waals surface area contributed by atoms with Crippen LogP contribution in [0.5, 0.6) is 0 Å². The Labute approximate surface area is 130 Å². The van der Waals surface area contributed by atoms with Gasteiger partial charge in [0, 0.05) is 23.7 Å². The first-order chi connectivity index (χ1) is 10.0. The molecule has 1 aromatic carbocycles. The number of carbonyl (C=O) groups is 2. The van der Waals surface area contributed by atoms with Gasteiger partial charge in [-0.15, -0.1) is 0 Å². The number of likely N-dealkylation sites (N-methyl/N-ethyl adjacent to an activating group) is 1. The van der Waals surface area contributed by atoms with Crippen molar-refractivity contribution >= 4 is 40.6 Å². The molecule has 1 fully saturated rings. The van der Waals surface area contributed by atoms with Crippen LogP contribution in [0.4, 0.5) is 4.79 Å². The van der Waals surface area contributed by atoms with Crippen LogP contribution < -0.4 is 0 Å². The average molecular weight is 320 g/mol. The Hall–Kier alpha value is -1.98. The fourth-order valence-corrected chi connectivity index (χ4v) is 2.81. The van der Waals surface area contributed by atoms with Gasteiger partial charge in [-0.1, -0.05) is 11.6 Å². The van der Waals surface area contributed by atoms with Crippen LogP contribution in [-0.2, 0) is 4.79 Å². The van der Waals surface area contributed by atoms with Gasteiger partial charge in [0.05, 0.1) is 4.91 Å². The van der Waals surface area contributed by atoms with Crippen molar-refractivity contribution < 1.29 is 14.0 Å². The Balaban J connectivity index is 1.87. The molecular weight excluding hydrogens is 310 g/mol. The van der Waals surface area contributed by atoms with Crippen molar-refractivity contribution in [3.8, 4) is 11.3 Å². The highest BCUT2D eigenvalue weighted by Crippen LogP contribution is 2.32. The topological polar surface area (TPSA) is 50.5 Å². The number of halogens is 1. The number of benzene rings is 1. The summed E-state index contributed by atoms with van der Waals surface area (Å²) in [5, 5.41) is 0.373. The Morgan fingerprint density at radius 3 is 2.48 bits per heavy atom. The number of nitrogens with zero attached hydrogens (tertiary/aromatic N) is 1. The van der Waals surface area contributed by atoms with E-state index in [0.29, 0.717) is 21.4 Å². The summed E-state index contributed by atoms with van der Waals surface area (Å²) in [5.74, 6) is 0.891. The second kappa shape index (κ2) is 5.42. The van der Waals surface area contributed by atoms with Crippen LogP contribution in [0.15, 0.2) is 45.7 Å². The molecule has 0 radical (unpaired) electrons. The van der Waals surface area contributed by atoms with Gasteiger partial charge >= 0.3 is 0 Å². The normalized spacial score (nSPS) is 17.0. The maximum absolute atomic E-state index is 11.8. The van der Waals surface area contributed by atoms with Gasteiger partial charge < -0.3 is 4.42 Å². The summed E-state index contributed by atoms with van der Waals surface area (Å²) in [5.41, 5.74) is 0.891. The highest BCUT2D eigenvalue weighted by Gasteiger charge is 2.32. The highest BCUT2D eigenvalue weighted by atomic mass is 35.5. The van der Waals surface area contributed by atoms with Crippen LogP contribution in [-0.4, -0.2) is 23.1 Å². The van der Waals surface area contributed by atoms with Gasteiger partial charge in [0.2, 0.25) is 0 Å². The third kappa shape index (κ3) is 2.75. The molecule has 2 amide bonds. The minimum atomic E-state index is -0.311. The number of carbonyl (C=O) groups excluding carboxylic acids is 2. The average Bonchev–Trinajstić information content (AvgIpc) is 3.02. The number of imide groups is 1. The van der Waals surface area contributed by atoms with Gasteiger partial charge in [-0.05, 0) is 48.2 Å². The monoisotopic (exact) mass is 319 g/mol. The fraction of sp³-hybridized carbons (Fsp3) is 0.0667. The Kier molecular flexibility index (Phi) is 3.61. The Morgan fingerprint density at radius 1 is 1.14 bits per heavy atom. The van der Waals surface area contributed by atoms with Gasteiger partial charge in [0.1, 0.15) is 11.5 Å². The van der Waals surface area contributed by atoms with E-state index in [4.69, 9.17) is 16.0 Å². The van der Waals surface area contributed by atoms with Crippen molar-refractivity contribution in [2.24, 2.45) is 0 Å². The lowest BCUT2D eigenvalue weighted by atomic mass is 10.2. The Bertz CT molecular complexity index is 749. The van der Waals surface area contributed by atoms with Crippen molar-refractivity contribution in [2.75, 3.05) is 7.05 Å². The number of thioether (sulfide) groups is 1. The minimum Gasteiger partial charge on any atom is -0.457 e. The van der Waals surface area contributed by atoms with E-state index in [1.807, 2.05) is 18.2 Å². The SMILES string of the molecule is CN1C(=O)SC(=Cc2ccc(-c3ccc(Cl)cc3)o2)C1=O. The van der Waals surface area contributed by atoms with E-state index in [2.05, 4.69) is 0 Å². The summed E-state index contributed by atoms with van der Waals surface area (Å²) >= 11 is 6.75. The first-order valence-electron chi connectivity index (χ1n) is 6.12. The molecule has 1 aliphatic heterocycles. The van der Waals surface area contributed by atoms with E-state index in [-0.39, 0.29) is 11.1 Å². The van der Waals surface area contributed by atoms with Gasteiger partial charge in [-0.2, -0.15) is 0 Å². The summed E-state index contributed by atoms with van der Waals surface area (Å²) in [6, 6.07) is 10.8. The number of rotatable bonds is 2. The smallest absolute Gasteiger partial charge is 0.293 e. The second-order valence-electron chi connectivity index (χ2n) is 4.45. The van der Waals surface area contributed by atoms with Crippen molar-refractivity contribution in [2.45, 2.75) is 0 Å². The van der Waals surface area contributed by atoms with E-state index in [1.54, 1.807) is 24.3 Å². The van der Waals surface area contributed by atoms with Crippen LogP contribution in [0.2, 0.25) is 5.02 Å². The second-order valence-corrected chi connectivity index (χ2v) is 5.88. The summed E-state index contributed by atoms with van der Waals surface area (Å²) in [4.78, 5) is 24.7. The molecule has 0 atom stereocenters. The van der Waals surface area contributed by atoms with Gasteiger partial charge in [0.15, 0.2) is 0 Å². The Morgan fingerprint density at radius 2 is 1.86 bits per heavy atom.